The lowest BCUT2D eigenvalue weighted by atomic mass is 10.1. The van der Waals surface area contributed by atoms with Crippen molar-refractivity contribution in [3.8, 4) is 0 Å². The number of nitro groups is 1. The molecule has 0 bridgehead atoms. The number of nitrogens with one attached hydrogen (secondary N) is 1. The molecule has 0 saturated carbocycles. The molecule has 1 rings (SSSR count). The van der Waals surface area contributed by atoms with E-state index in [2.05, 4.69) is 11.9 Å². The molecule has 1 aromatic rings. The number of benzene rings is 1. The van der Waals surface area contributed by atoms with Crippen LogP contribution in [-0.2, 0) is 0 Å². The summed E-state index contributed by atoms with van der Waals surface area (Å²) in [6, 6.07) is 4.47. The predicted molar refractivity (Wildman–Crippen MR) is 79.0 cm³/mol. The number of hydrogen-bond donors (Lipinski definition) is 1. The smallest absolute Gasteiger partial charge is 0.293 e. The quantitative estimate of drug-likeness (QED) is 0.493. The van der Waals surface area contributed by atoms with E-state index in [1.165, 1.54) is 11.0 Å². The number of nitro benzene ring substituents is 1. The Kier molecular flexibility index (Phi) is 5.25. The highest BCUT2D eigenvalue weighted by Gasteiger charge is 2.19. The van der Waals surface area contributed by atoms with Gasteiger partial charge >= 0.3 is 0 Å². The molecule has 1 N–H and O–H groups in total. The normalized spacial score (nSPS) is 11.6. The van der Waals surface area contributed by atoms with Crippen LogP contribution in [0.15, 0.2) is 30.9 Å². The van der Waals surface area contributed by atoms with Crippen LogP contribution in [0.4, 0.5) is 11.4 Å². The van der Waals surface area contributed by atoms with Crippen molar-refractivity contribution in [1.82, 2.24) is 4.90 Å². The minimum Gasteiger partial charge on any atom is -0.377 e. The van der Waals surface area contributed by atoms with Gasteiger partial charge in [0.05, 0.1) is 4.92 Å². The molecule has 108 valence electrons. The van der Waals surface area contributed by atoms with E-state index in [4.69, 9.17) is 0 Å². The van der Waals surface area contributed by atoms with Gasteiger partial charge in [0.15, 0.2) is 0 Å². The van der Waals surface area contributed by atoms with Gasteiger partial charge in [-0.05, 0) is 25.5 Å². The monoisotopic (exact) mass is 277 g/mol. The Hall–Kier alpha value is -2.37. The number of rotatable bonds is 6. The zero-order chi connectivity index (χ0) is 15.3. The summed E-state index contributed by atoms with van der Waals surface area (Å²) in [6.07, 6.45) is 2.43. The molecule has 0 radical (unpaired) electrons. The molecule has 0 aromatic heterocycles. The van der Waals surface area contributed by atoms with Crippen LogP contribution in [0.1, 0.15) is 23.7 Å². The lowest BCUT2D eigenvalue weighted by Gasteiger charge is -2.15. The van der Waals surface area contributed by atoms with E-state index in [-0.39, 0.29) is 17.6 Å². The van der Waals surface area contributed by atoms with Gasteiger partial charge in [-0.25, -0.2) is 0 Å². The van der Waals surface area contributed by atoms with Crippen molar-refractivity contribution >= 4 is 17.3 Å². The van der Waals surface area contributed by atoms with Crippen molar-refractivity contribution in [3.63, 3.8) is 0 Å². The van der Waals surface area contributed by atoms with Crippen LogP contribution in [0.25, 0.3) is 0 Å². The maximum absolute atomic E-state index is 11.8. The molecule has 20 heavy (non-hydrogen) atoms. The van der Waals surface area contributed by atoms with Gasteiger partial charge in [0.25, 0.3) is 11.6 Å². The number of nitrogens with zero attached hydrogens (tertiary/aromatic N) is 2. The second-order valence-corrected chi connectivity index (χ2v) is 4.76. The second kappa shape index (κ2) is 6.70. The van der Waals surface area contributed by atoms with Crippen LogP contribution < -0.4 is 5.32 Å². The maximum Gasteiger partial charge on any atom is 0.293 e. The summed E-state index contributed by atoms with van der Waals surface area (Å²) in [5.41, 5.74) is 0.594. The van der Waals surface area contributed by atoms with E-state index < -0.39 is 4.92 Å². The molecule has 1 amide bonds. The van der Waals surface area contributed by atoms with E-state index in [9.17, 15) is 14.9 Å². The SMILES string of the molecule is C=CCC(C)Nc1ccc(C(=O)N(C)C)cc1[N+](=O)[O-]. The van der Waals surface area contributed by atoms with Crippen LogP contribution in [0, 0.1) is 10.1 Å². The zero-order valence-electron chi connectivity index (χ0n) is 11.9. The summed E-state index contributed by atoms with van der Waals surface area (Å²) in [5, 5.41) is 14.2. The fourth-order valence-corrected chi connectivity index (χ4v) is 1.77. The Morgan fingerprint density at radius 1 is 1.55 bits per heavy atom. The Balaban J connectivity index is 3.11. The van der Waals surface area contributed by atoms with Gasteiger partial charge in [0.2, 0.25) is 0 Å². The highest BCUT2D eigenvalue weighted by molar-refractivity contribution is 5.95. The van der Waals surface area contributed by atoms with E-state index in [0.29, 0.717) is 17.7 Å². The third-order valence-electron chi connectivity index (χ3n) is 2.77. The second-order valence-electron chi connectivity index (χ2n) is 4.76. The Morgan fingerprint density at radius 2 is 2.20 bits per heavy atom. The number of carbonyl (C=O) groups excluding carboxylic acids is 1. The topological polar surface area (TPSA) is 75.5 Å². The van der Waals surface area contributed by atoms with Crippen LogP contribution in [0.5, 0.6) is 0 Å². The van der Waals surface area contributed by atoms with E-state index in [0.717, 1.165) is 0 Å². The van der Waals surface area contributed by atoms with E-state index in [1.807, 2.05) is 6.92 Å². The first-order valence-corrected chi connectivity index (χ1v) is 6.24. The number of hydrogen-bond acceptors (Lipinski definition) is 4. The van der Waals surface area contributed by atoms with Crippen LogP contribution >= 0.6 is 0 Å². The fraction of sp³-hybridized carbons (Fsp3) is 0.357. The molecular weight excluding hydrogens is 258 g/mol. The first kappa shape index (κ1) is 15.7. The molecule has 0 heterocycles. The summed E-state index contributed by atoms with van der Waals surface area (Å²) < 4.78 is 0. The average Bonchev–Trinajstić information content (AvgIpc) is 2.38. The standard InChI is InChI=1S/C14H19N3O3/c1-5-6-10(2)15-12-8-7-11(14(18)16(3)4)9-13(12)17(19)20/h5,7-10,15H,1,6H2,2-4H3. The largest absolute Gasteiger partial charge is 0.377 e. The van der Waals surface area contributed by atoms with E-state index >= 15 is 0 Å². The minimum atomic E-state index is -0.491. The van der Waals surface area contributed by atoms with Crippen LogP contribution in [0.3, 0.4) is 0 Å². The van der Waals surface area contributed by atoms with Crippen molar-refractivity contribution in [2.75, 3.05) is 19.4 Å². The third-order valence-corrected chi connectivity index (χ3v) is 2.77. The highest BCUT2D eigenvalue weighted by Crippen LogP contribution is 2.27. The molecule has 0 fully saturated rings. The lowest BCUT2D eigenvalue weighted by Crippen LogP contribution is -2.22. The summed E-state index contributed by atoms with van der Waals surface area (Å²) in [4.78, 5) is 23.8. The van der Waals surface area contributed by atoms with Crippen molar-refractivity contribution in [2.45, 2.75) is 19.4 Å². The Morgan fingerprint density at radius 3 is 2.70 bits per heavy atom. The number of anilines is 1. The maximum atomic E-state index is 11.8. The van der Waals surface area contributed by atoms with Crippen molar-refractivity contribution in [2.24, 2.45) is 0 Å². The molecule has 0 aliphatic heterocycles. The first-order chi connectivity index (χ1) is 9.36. The molecule has 6 heteroatoms. The van der Waals surface area contributed by atoms with Crippen LogP contribution in [-0.4, -0.2) is 35.9 Å². The molecular formula is C14H19N3O3. The van der Waals surface area contributed by atoms with Gasteiger partial charge in [0, 0.05) is 31.8 Å². The van der Waals surface area contributed by atoms with Crippen molar-refractivity contribution in [3.05, 3.63) is 46.5 Å². The Bertz CT molecular complexity index is 526. The summed E-state index contributed by atoms with van der Waals surface area (Å²) in [6.45, 7) is 5.54. The van der Waals surface area contributed by atoms with E-state index in [1.54, 1.807) is 32.3 Å². The van der Waals surface area contributed by atoms with Gasteiger partial charge in [-0.15, -0.1) is 6.58 Å². The Labute approximate surface area is 118 Å². The summed E-state index contributed by atoms with van der Waals surface area (Å²) >= 11 is 0. The number of amides is 1. The molecule has 1 atom stereocenters. The third kappa shape index (κ3) is 3.81. The molecule has 6 nitrogen and oxygen atoms in total. The summed E-state index contributed by atoms with van der Waals surface area (Å²) in [7, 11) is 3.21. The van der Waals surface area contributed by atoms with Gasteiger partial charge < -0.3 is 10.2 Å². The zero-order valence-corrected chi connectivity index (χ0v) is 11.9. The molecule has 1 unspecified atom stereocenters. The molecule has 0 aliphatic carbocycles. The van der Waals surface area contributed by atoms with Crippen molar-refractivity contribution in [1.29, 1.82) is 0 Å². The predicted octanol–water partition coefficient (Wildman–Crippen LogP) is 2.67. The molecule has 0 saturated heterocycles. The van der Waals surface area contributed by atoms with Gasteiger partial charge in [-0.1, -0.05) is 6.08 Å². The molecule has 1 aromatic carbocycles. The van der Waals surface area contributed by atoms with Gasteiger partial charge in [-0.2, -0.15) is 0 Å². The molecule has 0 aliphatic rings. The van der Waals surface area contributed by atoms with Crippen LogP contribution in [0.2, 0.25) is 0 Å². The molecule has 0 spiro atoms. The average molecular weight is 277 g/mol. The summed E-state index contributed by atoms with van der Waals surface area (Å²) in [5.74, 6) is -0.265. The highest BCUT2D eigenvalue weighted by atomic mass is 16.6. The van der Waals surface area contributed by atoms with Crippen molar-refractivity contribution < 1.29 is 9.72 Å². The van der Waals surface area contributed by atoms with Gasteiger partial charge in [-0.3, -0.25) is 14.9 Å². The number of carbonyl (C=O) groups is 1. The fourth-order valence-electron chi connectivity index (χ4n) is 1.77. The van der Waals surface area contributed by atoms with Gasteiger partial charge in [0.1, 0.15) is 5.69 Å². The first-order valence-electron chi connectivity index (χ1n) is 6.24. The lowest BCUT2D eigenvalue weighted by molar-refractivity contribution is -0.384. The minimum absolute atomic E-state index is 0.0293.